The lowest BCUT2D eigenvalue weighted by atomic mass is 10.0. The maximum atomic E-state index is 10.2. The van der Waals surface area contributed by atoms with Crippen molar-refractivity contribution in [2.45, 2.75) is 13.0 Å². The summed E-state index contributed by atoms with van der Waals surface area (Å²) in [5, 5.41) is 16.5. The van der Waals surface area contributed by atoms with Gasteiger partial charge in [0.15, 0.2) is 5.05 Å². The van der Waals surface area contributed by atoms with Gasteiger partial charge < -0.3 is 15.9 Å². The Morgan fingerprint density at radius 1 is 1.60 bits per heavy atom. The molecular weight excluding hydrogens is 154 g/mol. The van der Waals surface area contributed by atoms with Crippen LogP contribution in [0.4, 0.5) is 0 Å². The third-order valence-electron chi connectivity index (χ3n) is 1.21. The highest BCUT2D eigenvalue weighted by Gasteiger charge is 2.22. The van der Waals surface area contributed by atoms with Gasteiger partial charge in [0.2, 0.25) is 0 Å². The minimum absolute atomic E-state index is 0.463. The molecule has 0 aliphatic rings. The van der Waals surface area contributed by atoms with Crippen LogP contribution in [0.3, 0.4) is 0 Å². The Kier molecular flexibility index (Phi) is 3.24. The average molecular weight is 163 g/mol. The molecule has 0 aliphatic carbocycles. The Bertz CT molecular complexity index is 141. The Hall–Kier alpha value is -0.680. The molecule has 58 valence electrons. The van der Waals surface area contributed by atoms with Gasteiger partial charge >= 0.3 is 5.97 Å². The van der Waals surface area contributed by atoms with Crippen LogP contribution in [0.2, 0.25) is 0 Å². The molecule has 0 saturated heterocycles. The van der Waals surface area contributed by atoms with E-state index >= 15 is 0 Å². The van der Waals surface area contributed by atoms with Crippen molar-refractivity contribution in [1.29, 1.82) is 0 Å². The molecule has 0 aliphatic heterocycles. The number of aliphatic hydroxyl groups excluding tert-OH is 1. The molecule has 2 unspecified atom stereocenters. The molecule has 0 heterocycles. The lowest BCUT2D eigenvalue weighted by Crippen LogP contribution is -2.39. The Balaban J connectivity index is 4.07. The highest BCUT2D eigenvalue weighted by Crippen LogP contribution is 2.00. The molecule has 2 atom stereocenters. The van der Waals surface area contributed by atoms with Gasteiger partial charge in [0.05, 0.1) is 12.0 Å². The first-order valence-electron chi connectivity index (χ1n) is 2.68. The number of aliphatic hydroxyl groups is 1. The van der Waals surface area contributed by atoms with E-state index in [1.807, 2.05) is 0 Å². The van der Waals surface area contributed by atoms with Gasteiger partial charge in [-0.05, 0) is 19.1 Å². The van der Waals surface area contributed by atoms with Gasteiger partial charge in [-0.2, -0.15) is 0 Å². The number of carboxylic acid groups (broad SMARTS) is 1. The minimum atomic E-state index is -1.07. The van der Waals surface area contributed by atoms with Crippen LogP contribution in [0.5, 0.6) is 0 Å². The van der Waals surface area contributed by atoms with Crippen molar-refractivity contribution >= 4 is 23.2 Å². The van der Waals surface area contributed by atoms with Gasteiger partial charge in [0.25, 0.3) is 0 Å². The number of rotatable bonds is 3. The number of hydrogen-bond donors (Lipinski definition) is 3. The molecule has 0 saturated carbocycles. The quantitative estimate of drug-likeness (QED) is 0.507. The summed E-state index contributed by atoms with van der Waals surface area (Å²) in [4.78, 5) is 10.2. The Morgan fingerprint density at radius 2 is 2.00 bits per heavy atom. The Morgan fingerprint density at radius 3 is 2.10 bits per heavy atom. The van der Waals surface area contributed by atoms with Gasteiger partial charge in [0, 0.05) is 0 Å². The zero-order valence-corrected chi connectivity index (χ0v) is 6.26. The molecule has 0 aromatic heterocycles. The summed E-state index contributed by atoms with van der Waals surface area (Å²) < 4.78 is 0. The highest BCUT2D eigenvalue weighted by molar-refractivity contribution is 7.80. The van der Waals surface area contributed by atoms with Crippen LogP contribution in [0, 0.1) is 5.92 Å². The standard InChI is InChI=1S/C5H9NO3S/c1-2(4(7)8)3(6)5(9)10/h2-3H,6H2,1H3,(H,7,8)(H,9,10). The van der Waals surface area contributed by atoms with E-state index in [4.69, 9.17) is 15.9 Å². The fraction of sp³-hybridized carbons (Fsp3) is 0.600. The molecule has 0 radical (unpaired) electrons. The van der Waals surface area contributed by atoms with E-state index in [-0.39, 0.29) is 0 Å². The number of hydrogen-bond acceptors (Lipinski definition) is 3. The van der Waals surface area contributed by atoms with Gasteiger partial charge in [-0.1, -0.05) is 0 Å². The predicted octanol–water partition coefficient (Wildman–Crippen LogP) is -0.0802. The van der Waals surface area contributed by atoms with E-state index in [1.165, 1.54) is 6.92 Å². The molecule has 5 heteroatoms. The van der Waals surface area contributed by atoms with Gasteiger partial charge in [-0.25, -0.2) is 0 Å². The van der Waals surface area contributed by atoms with E-state index < -0.39 is 23.0 Å². The molecule has 0 fully saturated rings. The molecule has 0 spiro atoms. The van der Waals surface area contributed by atoms with Crippen LogP contribution >= 0.6 is 12.2 Å². The highest BCUT2D eigenvalue weighted by atomic mass is 32.1. The SMILES string of the molecule is CC(C(=O)O)C(N)C(O)=S. The molecule has 10 heavy (non-hydrogen) atoms. The molecule has 0 rings (SSSR count). The van der Waals surface area contributed by atoms with Crippen LogP contribution in [0.25, 0.3) is 0 Å². The van der Waals surface area contributed by atoms with Gasteiger partial charge in [-0.3, -0.25) is 4.79 Å². The summed E-state index contributed by atoms with van der Waals surface area (Å²) >= 11 is 4.28. The van der Waals surface area contributed by atoms with E-state index in [2.05, 4.69) is 12.2 Å². The maximum absolute atomic E-state index is 10.2. The van der Waals surface area contributed by atoms with Crippen molar-refractivity contribution in [2.24, 2.45) is 11.7 Å². The zero-order chi connectivity index (χ0) is 8.31. The molecule has 0 amide bonds. The van der Waals surface area contributed by atoms with Crippen molar-refractivity contribution in [1.82, 2.24) is 0 Å². The second-order valence-corrected chi connectivity index (χ2v) is 2.41. The van der Waals surface area contributed by atoms with E-state index in [0.29, 0.717) is 0 Å². The number of nitrogens with two attached hydrogens (primary N) is 1. The first kappa shape index (κ1) is 9.32. The van der Waals surface area contributed by atoms with Crippen LogP contribution in [0.1, 0.15) is 6.92 Å². The number of thiocarbonyl (C=S) groups is 1. The van der Waals surface area contributed by atoms with Crippen LogP contribution < -0.4 is 5.73 Å². The van der Waals surface area contributed by atoms with E-state index in [1.54, 1.807) is 0 Å². The molecular formula is C5H9NO3S. The van der Waals surface area contributed by atoms with Crippen LogP contribution in [0.15, 0.2) is 0 Å². The van der Waals surface area contributed by atoms with Crippen molar-refractivity contribution in [2.75, 3.05) is 0 Å². The third-order valence-corrected chi connectivity index (χ3v) is 1.49. The third kappa shape index (κ3) is 2.28. The fourth-order valence-corrected chi connectivity index (χ4v) is 0.572. The van der Waals surface area contributed by atoms with Crippen molar-refractivity contribution in [3.8, 4) is 0 Å². The normalized spacial score (nSPS) is 15.8. The van der Waals surface area contributed by atoms with E-state index in [9.17, 15) is 4.79 Å². The average Bonchev–Trinajstić information content (AvgIpc) is 1.84. The summed E-state index contributed by atoms with van der Waals surface area (Å²) in [7, 11) is 0. The molecule has 4 nitrogen and oxygen atoms in total. The number of carbonyl (C=O) groups is 1. The summed E-state index contributed by atoms with van der Waals surface area (Å²) in [5.74, 6) is -1.90. The molecule has 0 aromatic carbocycles. The first-order valence-corrected chi connectivity index (χ1v) is 3.09. The van der Waals surface area contributed by atoms with Gasteiger partial charge in [-0.15, -0.1) is 0 Å². The smallest absolute Gasteiger partial charge is 0.308 e. The van der Waals surface area contributed by atoms with Crippen molar-refractivity contribution in [3.63, 3.8) is 0 Å². The summed E-state index contributed by atoms with van der Waals surface area (Å²) in [6.45, 7) is 1.38. The van der Waals surface area contributed by atoms with Crippen molar-refractivity contribution < 1.29 is 15.0 Å². The second kappa shape index (κ2) is 3.48. The Labute approximate surface area is 63.6 Å². The van der Waals surface area contributed by atoms with E-state index in [0.717, 1.165) is 0 Å². The lowest BCUT2D eigenvalue weighted by Gasteiger charge is -2.11. The molecule has 0 aromatic rings. The molecule has 4 N–H and O–H groups in total. The topological polar surface area (TPSA) is 83.5 Å². The summed E-state index contributed by atoms with van der Waals surface area (Å²) in [6.07, 6.45) is 0. The van der Waals surface area contributed by atoms with Crippen molar-refractivity contribution in [3.05, 3.63) is 0 Å². The molecule has 0 bridgehead atoms. The summed E-state index contributed by atoms with van der Waals surface area (Å²) in [6, 6.07) is -0.951. The lowest BCUT2D eigenvalue weighted by molar-refractivity contribution is -0.141. The fourth-order valence-electron chi connectivity index (χ4n) is 0.367. The second-order valence-electron chi connectivity index (χ2n) is 1.99. The van der Waals surface area contributed by atoms with Gasteiger partial charge in [0.1, 0.15) is 0 Å². The number of aliphatic carboxylic acids is 1. The zero-order valence-electron chi connectivity index (χ0n) is 5.44. The van der Waals surface area contributed by atoms with Crippen LogP contribution in [-0.2, 0) is 4.79 Å². The largest absolute Gasteiger partial charge is 0.501 e. The summed E-state index contributed by atoms with van der Waals surface area (Å²) in [5.41, 5.74) is 5.19. The number of carboxylic acids is 1. The first-order chi connectivity index (χ1) is 4.46. The predicted molar refractivity (Wildman–Crippen MR) is 40.0 cm³/mol. The van der Waals surface area contributed by atoms with Crippen LogP contribution in [-0.4, -0.2) is 27.3 Å². The maximum Gasteiger partial charge on any atom is 0.308 e. The minimum Gasteiger partial charge on any atom is -0.501 e. The monoisotopic (exact) mass is 163 g/mol.